The minimum atomic E-state index is -0.0687. The van der Waals surface area contributed by atoms with Gasteiger partial charge in [0, 0.05) is 6.54 Å². The van der Waals surface area contributed by atoms with E-state index in [1.54, 1.807) is 18.0 Å². The molecule has 1 atom stereocenters. The third kappa shape index (κ3) is 4.59. The van der Waals surface area contributed by atoms with Gasteiger partial charge in [-0.1, -0.05) is 59.8 Å². The molecule has 1 aliphatic rings. The van der Waals surface area contributed by atoms with Crippen LogP contribution in [0.1, 0.15) is 46.9 Å². The number of carbonyl (C=O) groups excluding carboxylic acids is 1. The number of ether oxygens (including phenoxy) is 1. The first kappa shape index (κ1) is 19.9. The maximum absolute atomic E-state index is 13.2. The van der Waals surface area contributed by atoms with Crippen LogP contribution in [0.4, 0.5) is 0 Å². The molecule has 0 bridgehead atoms. The lowest BCUT2D eigenvalue weighted by Gasteiger charge is -2.35. The minimum Gasteiger partial charge on any atom is -0.497 e. The molecule has 3 aromatic rings. The first-order chi connectivity index (χ1) is 14.7. The second-order valence-corrected chi connectivity index (χ2v) is 7.43. The summed E-state index contributed by atoms with van der Waals surface area (Å²) in [6.45, 7) is 1.29. The van der Waals surface area contributed by atoms with Crippen molar-refractivity contribution in [2.24, 2.45) is 0 Å². The molecule has 0 aliphatic carbocycles. The Balaban J connectivity index is 1.46. The number of piperidine rings is 1. The standard InChI is InChI=1S/C24H26N4O2/c1-30-21-13-7-12-20(17-21)23-14-5-6-16-28(23)24(29)22-18-27(26-25-22)15-8-11-19-9-3-2-4-10-19/h2-4,7-13,17-18,23H,5-6,14-16H2,1H3/b11-8+. The third-order valence-corrected chi connectivity index (χ3v) is 5.40. The maximum Gasteiger partial charge on any atom is 0.276 e. The molecule has 0 spiro atoms. The molecule has 1 aliphatic heterocycles. The van der Waals surface area contributed by atoms with E-state index in [2.05, 4.69) is 16.4 Å². The molecule has 1 unspecified atom stereocenters. The number of methoxy groups -OCH3 is 1. The zero-order valence-corrected chi connectivity index (χ0v) is 17.1. The number of hydrogen-bond acceptors (Lipinski definition) is 4. The van der Waals surface area contributed by atoms with Crippen molar-refractivity contribution < 1.29 is 9.53 Å². The molecule has 0 radical (unpaired) electrons. The molecular weight excluding hydrogens is 376 g/mol. The Kier molecular flexibility index (Phi) is 6.23. The molecule has 0 N–H and O–H groups in total. The van der Waals surface area contributed by atoms with Gasteiger partial charge in [0.25, 0.3) is 5.91 Å². The first-order valence-corrected chi connectivity index (χ1v) is 10.3. The number of aromatic nitrogens is 3. The Morgan fingerprint density at radius 2 is 2.03 bits per heavy atom. The minimum absolute atomic E-state index is 0.0319. The van der Waals surface area contributed by atoms with Gasteiger partial charge >= 0.3 is 0 Å². The summed E-state index contributed by atoms with van der Waals surface area (Å²) in [6, 6.07) is 18.1. The molecule has 6 nitrogen and oxygen atoms in total. The largest absolute Gasteiger partial charge is 0.497 e. The van der Waals surface area contributed by atoms with Crippen LogP contribution < -0.4 is 4.74 Å². The van der Waals surface area contributed by atoms with Crippen molar-refractivity contribution in [1.29, 1.82) is 0 Å². The number of allylic oxidation sites excluding steroid dienone is 1. The summed E-state index contributed by atoms with van der Waals surface area (Å²) in [7, 11) is 1.66. The molecule has 2 heterocycles. The van der Waals surface area contributed by atoms with E-state index >= 15 is 0 Å². The van der Waals surface area contributed by atoms with Crippen LogP contribution in [0.15, 0.2) is 66.9 Å². The third-order valence-electron chi connectivity index (χ3n) is 5.40. The van der Waals surface area contributed by atoms with Crippen LogP contribution in [0.2, 0.25) is 0 Å². The van der Waals surface area contributed by atoms with Crippen LogP contribution in [-0.4, -0.2) is 39.5 Å². The summed E-state index contributed by atoms with van der Waals surface area (Å²) < 4.78 is 7.05. The molecule has 1 saturated heterocycles. The van der Waals surface area contributed by atoms with Crippen LogP contribution in [-0.2, 0) is 6.54 Å². The van der Waals surface area contributed by atoms with Gasteiger partial charge in [0.15, 0.2) is 5.69 Å². The molecule has 4 rings (SSSR count). The lowest BCUT2D eigenvalue weighted by molar-refractivity contribution is 0.0605. The highest BCUT2D eigenvalue weighted by atomic mass is 16.5. The summed E-state index contributed by atoms with van der Waals surface area (Å²) in [5.74, 6) is 0.738. The molecule has 154 valence electrons. The smallest absolute Gasteiger partial charge is 0.276 e. The Morgan fingerprint density at radius 3 is 2.87 bits per heavy atom. The lowest BCUT2D eigenvalue weighted by Crippen LogP contribution is -2.38. The fraction of sp³-hybridized carbons (Fsp3) is 0.292. The fourth-order valence-corrected chi connectivity index (χ4v) is 3.86. The molecule has 0 saturated carbocycles. The molecule has 6 heteroatoms. The highest BCUT2D eigenvalue weighted by molar-refractivity contribution is 5.92. The second-order valence-electron chi connectivity index (χ2n) is 7.43. The van der Waals surface area contributed by atoms with Gasteiger partial charge in [-0.2, -0.15) is 0 Å². The van der Waals surface area contributed by atoms with E-state index in [-0.39, 0.29) is 11.9 Å². The number of nitrogens with zero attached hydrogens (tertiary/aromatic N) is 4. The number of rotatable bonds is 6. The van der Waals surface area contributed by atoms with E-state index < -0.39 is 0 Å². The van der Waals surface area contributed by atoms with Crippen LogP contribution in [0, 0.1) is 0 Å². The summed E-state index contributed by atoms with van der Waals surface area (Å²) in [4.78, 5) is 15.1. The van der Waals surface area contributed by atoms with E-state index in [0.29, 0.717) is 12.2 Å². The van der Waals surface area contributed by atoms with Gasteiger partial charge in [-0.15, -0.1) is 5.10 Å². The zero-order chi connectivity index (χ0) is 20.8. The monoisotopic (exact) mass is 402 g/mol. The average Bonchev–Trinajstić information content (AvgIpc) is 3.28. The van der Waals surface area contributed by atoms with Gasteiger partial charge in [-0.25, -0.2) is 4.68 Å². The van der Waals surface area contributed by atoms with Crippen molar-refractivity contribution in [1.82, 2.24) is 19.9 Å². The highest BCUT2D eigenvalue weighted by Crippen LogP contribution is 2.33. The van der Waals surface area contributed by atoms with Crippen LogP contribution in [0.5, 0.6) is 5.75 Å². The van der Waals surface area contributed by atoms with E-state index in [4.69, 9.17) is 4.74 Å². The molecule has 1 aromatic heterocycles. The van der Waals surface area contributed by atoms with E-state index in [0.717, 1.165) is 42.7 Å². The number of carbonyl (C=O) groups is 1. The van der Waals surface area contributed by atoms with E-state index in [1.165, 1.54) is 0 Å². The number of benzene rings is 2. The van der Waals surface area contributed by atoms with Gasteiger partial charge < -0.3 is 9.64 Å². The predicted molar refractivity (Wildman–Crippen MR) is 116 cm³/mol. The Labute approximate surface area is 176 Å². The number of hydrogen-bond donors (Lipinski definition) is 0. The van der Waals surface area contributed by atoms with Crippen LogP contribution in [0.3, 0.4) is 0 Å². The van der Waals surface area contributed by atoms with Crippen molar-refractivity contribution in [3.63, 3.8) is 0 Å². The fourth-order valence-electron chi connectivity index (χ4n) is 3.86. The number of likely N-dealkylation sites (tertiary alicyclic amines) is 1. The zero-order valence-electron chi connectivity index (χ0n) is 17.1. The van der Waals surface area contributed by atoms with Crippen molar-refractivity contribution in [2.75, 3.05) is 13.7 Å². The van der Waals surface area contributed by atoms with Crippen LogP contribution >= 0.6 is 0 Å². The molecule has 1 amide bonds. The summed E-state index contributed by atoms with van der Waals surface area (Å²) in [6.07, 6.45) is 8.81. The van der Waals surface area contributed by atoms with Gasteiger partial charge in [0.05, 0.1) is 25.9 Å². The lowest BCUT2D eigenvalue weighted by atomic mass is 9.94. The second kappa shape index (κ2) is 9.39. The number of amides is 1. The molecule has 1 fully saturated rings. The quantitative estimate of drug-likeness (QED) is 0.614. The van der Waals surface area contributed by atoms with Gasteiger partial charge in [-0.3, -0.25) is 4.79 Å². The first-order valence-electron chi connectivity index (χ1n) is 10.3. The van der Waals surface area contributed by atoms with E-state index in [9.17, 15) is 4.79 Å². The highest BCUT2D eigenvalue weighted by Gasteiger charge is 2.30. The SMILES string of the molecule is COc1cccc(C2CCCCN2C(=O)c2cn(C/C=C/c3ccccc3)nn2)c1. The normalized spacial score (nSPS) is 16.7. The van der Waals surface area contributed by atoms with Crippen molar-refractivity contribution in [2.45, 2.75) is 31.8 Å². The molecule has 30 heavy (non-hydrogen) atoms. The average molecular weight is 402 g/mol. The van der Waals surface area contributed by atoms with Gasteiger partial charge in [-0.05, 0) is 42.5 Å². The topological polar surface area (TPSA) is 60.2 Å². The van der Waals surface area contributed by atoms with Crippen LogP contribution in [0.25, 0.3) is 6.08 Å². The van der Waals surface area contributed by atoms with Crippen molar-refractivity contribution in [3.8, 4) is 5.75 Å². The van der Waals surface area contributed by atoms with Crippen molar-refractivity contribution in [3.05, 3.63) is 83.7 Å². The molecular formula is C24H26N4O2. The Bertz CT molecular complexity index is 1010. The maximum atomic E-state index is 13.2. The van der Waals surface area contributed by atoms with Crippen molar-refractivity contribution >= 4 is 12.0 Å². The summed E-state index contributed by atoms with van der Waals surface area (Å²) in [5.41, 5.74) is 2.61. The Morgan fingerprint density at radius 1 is 1.17 bits per heavy atom. The van der Waals surface area contributed by atoms with Gasteiger partial charge in [0.1, 0.15) is 5.75 Å². The Hall–Kier alpha value is -3.41. The van der Waals surface area contributed by atoms with Gasteiger partial charge in [0.2, 0.25) is 0 Å². The summed E-state index contributed by atoms with van der Waals surface area (Å²) in [5, 5.41) is 8.28. The van der Waals surface area contributed by atoms with E-state index in [1.807, 2.05) is 65.6 Å². The molecule has 2 aromatic carbocycles. The summed E-state index contributed by atoms with van der Waals surface area (Å²) >= 11 is 0. The predicted octanol–water partition coefficient (Wildman–Crippen LogP) is 4.37.